The second-order valence-electron chi connectivity index (χ2n) is 8.16. The molecule has 1 unspecified atom stereocenters. The highest BCUT2D eigenvalue weighted by Gasteiger charge is 2.38. The van der Waals surface area contributed by atoms with Crippen LogP contribution < -0.4 is 10.6 Å². The predicted octanol–water partition coefficient (Wildman–Crippen LogP) is 6.76. The Kier molecular flexibility index (Phi) is 9.14. The third-order valence-corrected chi connectivity index (χ3v) is 7.28. The first-order valence-electron chi connectivity index (χ1n) is 11.7. The maximum Gasteiger partial charge on any atom is 0.337 e. The van der Waals surface area contributed by atoms with Crippen LogP contribution in [0.3, 0.4) is 0 Å². The molecule has 4 rings (SSSR count). The van der Waals surface area contributed by atoms with E-state index >= 15 is 0 Å². The van der Waals surface area contributed by atoms with Crippen LogP contribution in [-0.4, -0.2) is 24.2 Å². The SMILES string of the molecule is CCOC(=O)C1=C(c2ccccc2)NC(SCC(=O)Nc2cccc(Cl)c2)=C(C#N)C1c1ccccc1Cl. The minimum Gasteiger partial charge on any atom is -0.463 e. The van der Waals surface area contributed by atoms with Gasteiger partial charge in [-0.15, -0.1) is 0 Å². The van der Waals surface area contributed by atoms with Gasteiger partial charge in [0, 0.05) is 15.7 Å². The lowest BCUT2D eigenvalue weighted by atomic mass is 9.81. The van der Waals surface area contributed by atoms with E-state index in [0.29, 0.717) is 32.0 Å². The van der Waals surface area contributed by atoms with Crippen molar-refractivity contribution in [1.29, 1.82) is 5.26 Å². The lowest BCUT2D eigenvalue weighted by molar-refractivity contribution is -0.138. The number of nitriles is 1. The van der Waals surface area contributed by atoms with Crippen LogP contribution in [0.1, 0.15) is 24.0 Å². The Balaban J connectivity index is 1.77. The smallest absolute Gasteiger partial charge is 0.337 e. The molecule has 2 N–H and O–H groups in total. The number of esters is 1. The van der Waals surface area contributed by atoms with Crippen LogP contribution in [0, 0.1) is 11.3 Å². The monoisotopic (exact) mass is 563 g/mol. The largest absolute Gasteiger partial charge is 0.463 e. The molecule has 1 aliphatic heterocycles. The van der Waals surface area contributed by atoms with E-state index in [0.717, 1.165) is 17.3 Å². The summed E-state index contributed by atoms with van der Waals surface area (Å²) in [6, 6.07) is 25.5. The molecular formula is C29H23Cl2N3O3S. The molecule has 0 radical (unpaired) electrons. The molecular weight excluding hydrogens is 541 g/mol. The quantitative estimate of drug-likeness (QED) is 0.294. The highest BCUT2D eigenvalue weighted by atomic mass is 35.5. The average Bonchev–Trinajstić information content (AvgIpc) is 2.92. The second kappa shape index (κ2) is 12.7. The Hall–Kier alpha value is -3.70. The zero-order valence-corrected chi connectivity index (χ0v) is 22.7. The molecule has 0 aromatic heterocycles. The van der Waals surface area contributed by atoms with Gasteiger partial charge in [0.15, 0.2) is 0 Å². The van der Waals surface area contributed by atoms with Crippen LogP contribution in [0.25, 0.3) is 5.70 Å². The number of carbonyl (C=O) groups excluding carboxylic acids is 2. The number of hydrogen-bond acceptors (Lipinski definition) is 6. The topological polar surface area (TPSA) is 91.2 Å². The van der Waals surface area contributed by atoms with Crippen LogP contribution in [0.4, 0.5) is 5.69 Å². The number of benzene rings is 3. The minimum atomic E-state index is -0.803. The summed E-state index contributed by atoms with van der Waals surface area (Å²) in [4.78, 5) is 26.1. The number of nitrogens with one attached hydrogen (secondary N) is 2. The predicted molar refractivity (Wildman–Crippen MR) is 153 cm³/mol. The highest BCUT2D eigenvalue weighted by Crippen LogP contribution is 2.45. The summed E-state index contributed by atoms with van der Waals surface area (Å²) in [5, 5.41) is 17.7. The van der Waals surface area contributed by atoms with Crippen LogP contribution in [0.15, 0.2) is 95.0 Å². The number of carbonyl (C=O) groups is 2. The van der Waals surface area contributed by atoms with E-state index in [4.69, 9.17) is 27.9 Å². The number of nitrogens with zero attached hydrogens (tertiary/aromatic N) is 1. The zero-order valence-electron chi connectivity index (χ0n) is 20.3. The van der Waals surface area contributed by atoms with Gasteiger partial charge < -0.3 is 15.4 Å². The van der Waals surface area contributed by atoms with Gasteiger partial charge >= 0.3 is 5.97 Å². The van der Waals surface area contributed by atoms with Gasteiger partial charge in [-0.2, -0.15) is 5.26 Å². The molecule has 0 saturated carbocycles. The third kappa shape index (κ3) is 6.22. The number of anilines is 1. The molecule has 0 saturated heterocycles. The van der Waals surface area contributed by atoms with Crippen molar-refractivity contribution in [2.24, 2.45) is 0 Å². The first kappa shape index (κ1) is 27.3. The molecule has 6 nitrogen and oxygen atoms in total. The molecule has 0 bridgehead atoms. The summed E-state index contributed by atoms with van der Waals surface area (Å²) in [5.41, 5.74) is 2.91. The van der Waals surface area contributed by atoms with E-state index in [1.165, 1.54) is 0 Å². The summed E-state index contributed by atoms with van der Waals surface area (Å²) < 4.78 is 5.43. The number of ether oxygens (including phenoxy) is 1. The summed E-state index contributed by atoms with van der Waals surface area (Å²) in [7, 11) is 0. The molecule has 192 valence electrons. The molecule has 1 atom stereocenters. The summed E-state index contributed by atoms with van der Waals surface area (Å²) >= 11 is 13.8. The molecule has 38 heavy (non-hydrogen) atoms. The van der Waals surface area contributed by atoms with Gasteiger partial charge in [0.1, 0.15) is 0 Å². The van der Waals surface area contributed by atoms with Crippen LogP contribution in [-0.2, 0) is 14.3 Å². The van der Waals surface area contributed by atoms with Gasteiger partial charge in [0.05, 0.1) is 46.2 Å². The Labute approximate surface area is 235 Å². The van der Waals surface area contributed by atoms with E-state index in [1.54, 1.807) is 55.5 Å². The standard InChI is InChI=1S/C29H23Cl2N3O3S/c1-2-37-29(36)26-25(21-13-6-7-14-23(21)31)22(16-32)28(34-27(26)18-9-4-3-5-10-18)38-17-24(35)33-20-12-8-11-19(30)15-20/h3-15,25,34H,2,17H2,1H3,(H,33,35). The van der Waals surface area contributed by atoms with Crippen molar-refractivity contribution in [3.63, 3.8) is 0 Å². The van der Waals surface area contributed by atoms with Crippen molar-refractivity contribution < 1.29 is 14.3 Å². The number of allylic oxidation sites excluding steroid dienone is 1. The summed E-state index contributed by atoms with van der Waals surface area (Å²) in [6.07, 6.45) is 0. The van der Waals surface area contributed by atoms with Crippen molar-refractivity contribution in [1.82, 2.24) is 5.32 Å². The van der Waals surface area contributed by atoms with E-state index in [9.17, 15) is 14.9 Å². The Morgan fingerprint density at radius 3 is 2.47 bits per heavy atom. The number of hydrogen-bond donors (Lipinski definition) is 2. The zero-order chi connectivity index (χ0) is 27.1. The molecule has 3 aromatic rings. The van der Waals surface area contributed by atoms with E-state index in [1.807, 2.05) is 30.3 Å². The van der Waals surface area contributed by atoms with Gasteiger partial charge in [-0.3, -0.25) is 4.79 Å². The molecule has 1 amide bonds. The van der Waals surface area contributed by atoms with Gasteiger partial charge in [-0.05, 0) is 42.3 Å². The Morgan fingerprint density at radius 1 is 1.05 bits per heavy atom. The average molecular weight is 564 g/mol. The number of rotatable bonds is 8. The summed E-state index contributed by atoms with van der Waals surface area (Å²) in [5.74, 6) is -1.63. The maximum absolute atomic E-state index is 13.4. The molecule has 9 heteroatoms. The fourth-order valence-corrected chi connectivity index (χ4v) is 5.36. The van der Waals surface area contributed by atoms with Crippen LogP contribution in [0.2, 0.25) is 10.0 Å². The molecule has 0 spiro atoms. The van der Waals surface area contributed by atoms with E-state index < -0.39 is 11.9 Å². The van der Waals surface area contributed by atoms with Gasteiger partial charge in [-0.25, -0.2) is 4.79 Å². The Morgan fingerprint density at radius 2 is 1.79 bits per heavy atom. The van der Waals surface area contributed by atoms with E-state index in [2.05, 4.69) is 16.7 Å². The second-order valence-corrected chi connectivity index (χ2v) is 9.99. The van der Waals surface area contributed by atoms with Crippen molar-refractivity contribution >= 4 is 58.2 Å². The number of halogens is 2. The Bertz CT molecular complexity index is 1470. The fourth-order valence-electron chi connectivity index (χ4n) is 4.08. The maximum atomic E-state index is 13.4. The van der Waals surface area contributed by atoms with Gasteiger partial charge in [0.2, 0.25) is 5.91 Å². The molecule has 3 aromatic carbocycles. The number of thioether (sulfide) groups is 1. The van der Waals surface area contributed by atoms with Crippen molar-refractivity contribution in [2.45, 2.75) is 12.8 Å². The van der Waals surface area contributed by atoms with Gasteiger partial charge in [-0.1, -0.05) is 89.6 Å². The van der Waals surface area contributed by atoms with Crippen molar-refractivity contribution in [3.8, 4) is 6.07 Å². The fraction of sp³-hybridized carbons (Fsp3) is 0.138. The molecule has 0 fully saturated rings. The lowest BCUT2D eigenvalue weighted by Gasteiger charge is -2.31. The van der Waals surface area contributed by atoms with Crippen LogP contribution >= 0.6 is 35.0 Å². The first-order chi connectivity index (χ1) is 18.4. The van der Waals surface area contributed by atoms with E-state index in [-0.39, 0.29) is 29.4 Å². The number of dihydropyridines is 1. The minimum absolute atomic E-state index is 0.00603. The first-order valence-corrected chi connectivity index (χ1v) is 13.5. The molecule has 1 aliphatic rings. The normalized spacial score (nSPS) is 14.9. The molecule has 0 aliphatic carbocycles. The highest BCUT2D eigenvalue weighted by molar-refractivity contribution is 8.03. The van der Waals surface area contributed by atoms with Crippen molar-refractivity contribution in [3.05, 3.63) is 116 Å². The van der Waals surface area contributed by atoms with Gasteiger partial charge in [0.25, 0.3) is 0 Å². The lowest BCUT2D eigenvalue weighted by Crippen LogP contribution is -2.30. The molecule has 1 heterocycles. The third-order valence-electron chi connectivity index (χ3n) is 5.68. The summed E-state index contributed by atoms with van der Waals surface area (Å²) in [6.45, 7) is 1.89. The van der Waals surface area contributed by atoms with Crippen molar-refractivity contribution in [2.75, 3.05) is 17.7 Å². The number of amides is 1. The van der Waals surface area contributed by atoms with Crippen LogP contribution in [0.5, 0.6) is 0 Å².